The Morgan fingerprint density at radius 1 is 0.792 bits per heavy atom. The van der Waals surface area contributed by atoms with E-state index < -0.39 is 20.2 Å². The van der Waals surface area contributed by atoms with Gasteiger partial charge in [-0.2, -0.15) is 26.4 Å². The maximum Gasteiger partial charge on any atom is 0.282 e. The molecule has 0 atom stereocenters. The van der Waals surface area contributed by atoms with E-state index in [4.69, 9.17) is 0 Å². The molecule has 0 radical (unpaired) electrons. The Balaban J connectivity index is 1.71. The molecule has 0 bridgehead atoms. The van der Waals surface area contributed by atoms with E-state index in [1.54, 1.807) is 0 Å². The van der Waals surface area contributed by atoms with E-state index in [1.165, 1.54) is 25.3 Å². The topological polar surface area (TPSA) is 107 Å². The average molecular weight is 377 g/mol. The predicted molar refractivity (Wildman–Crippen MR) is 87.9 cm³/mol. The molecule has 0 saturated carbocycles. The van der Waals surface area contributed by atoms with Crippen LogP contribution in [0.25, 0.3) is 0 Å². The number of piperidine rings is 1. The first-order chi connectivity index (χ1) is 11.4. The summed E-state index contributed by atoms with van der Waals surface area (Å²) in [5, 5.41) is 6.18. The van der Waals surface area contributed by atoms with Crippen molar-refractivity contribution in [3.63, 3.8) is 0 Å². The number of aromatic nitrogens is 2. The summed E-state index contributed by atoms with van der Waals surface area (Å²) in [6.07, 6.45) is 5.90. The third-order valence-electron chi connectivity index (χ3n) is 4.49. The number of sulfonamides is 1. The van der Waals surface area contributed by atoms with Gasteiger partial charge in [0.15, 0.2) is 0 Å². The molecule has 2 aliphatic rings. The molecule has 2 fully saturated rings. The van der Waals surface area contributed by atoms with E-state index in [1.807, 2.05) is 0 Å². The zero-order valence-electron chi connectivity index (χ0n) is 13.5. The van der Waals surface area contributed by atoms with Crippen molar-refractivity contribution in [1.29, 1.82) is 0 Å². The smallest absolute Gasteiger partial charge is 0.282 e. The van der Waals surface area contributed by atoms with Crippen LogP contribution in [0, 0.1) is 0 Å². The second kappa shape index (κ2) is 7.08. The van der Waals surface area contributed by atoms with E-state index in [-0.39, 0.29) is 18.0 Å². The van der Waals surface area contributed by atoms with Gasteiger partial charge in [0.1, 0.15) is 4.90 Å². The van der Waals surface area contributed by atoms with Gasteiger partial charge in [-0.1, -0.05) is 6.42 Å². The molecular weight excluding hydrogens is 354 g/mol. The summed E-state index contributed by atoms with van der Waals surface area (Å²) in [7, 11) is -7.14. The number of aromatic amines is 1. The zero-order chi connectivity index (χ0) is 17.2. The molecule has 1 aromatic rings. The van der Waals surface area contributed by atoms with Crippen molar-refractivity contribution in [3.05, 3.63) is 12.4 Å². The standard InChI is InChI=1S/C13H23N5O4S2/c19-23(20,13-11-14-15-12-13)16-7-4-8-18(10-9-16)24(21,22)17-5-2-1-3-6-17/h11-12H,1-10H2,(H,14,15). The minimum absolute atomic E-state index is 0.106. The van der Waals surface area contributed by atoms with Crippen LogP contribution in [0.5, 0.6) is 0 Å². The summed E-state index contributed by atoms with van der Waals surface area (Å²) >= 11 is 0. The lowest BCUT2D eigenvalue weighted by Gasteiger charge is -2.31. The van der Waals surface area contributed by atoms with Crippen molar-refractivity contribution in [2.24, 2.45) is 0 Å². The number of nitrogens with zero attached hydrogens (tertiary/aromatic N) is 4. The van der Waals surface area contributed by atoms with Crippen LogP contribution < -0.4 is 0 Å². The van der Waals surface area contributed by atoms with E-state index in [0.717, 1.165) is 19.3 Å². The largest absolute Gasteiger partial charge is 0.284 e. The minimum Gasteiger partial charge on any atom is -0.284 e. The molecule has 9 nitrogen and oxygen atoms in total. The van der Waals surface area contributed by atoms with Gasteiger partial charge in [-0.05, 0) is 19.3 Å². The highest BCUT2D eigenvalue weighted by Gasteiger charge is 2.34. The van der Waals surface area contributed by atoms with Crippen molar-refractivity contribution >= 4 is 20.2 Å². The summed E-state index contributed by atoms with van der Waals surface area (Å²) in [5.74, 6) is 0. The molecule has 2 saturated heterocycles. The molecule has 0 aromatic carbocycles. The fourth-order valence-electron chi connectivity index (χ4n) is 3.13. The highest BCUT2D eigenvalue weighted by atomic mass is 32.2. The first kappa shape index (κ1) is 17.8. The summed E-state index contributed by atoms with van der Waals surface area (Å²) in [6, 6.07) is 0. The highest BCUT2D eigenvalue weighted by Crippen LogP contribution is 2.20. The molecule has 1 aromatic heterocycles. The van der Waals surface area contributed by atoms with Crippen LogP contribution in [0.15, 0.2) is 17.3 Å². The summed E-state index contributed by atoms with van der Waals surface area (Å²) < 4.78 is 54.9. The molecule has 24 heavy (non-hydrogen) atoms. The summed E-state index contributed by atoms with van der Waals surface area (Å²) in [5.41, 5.74) is 0. The van der Waals surface area contributed by atoms with Crippen molar-refractivity contribution in [3.8, 4) is 0 Å². The van der Waals surface area contributed by atoms with Gasteiger partial charge in [0.2, 0.25) is 10.0 Å². The van der Waals surface area contributed by atoms with Gasteiger partial charge in [0.05, 0.1) is 6.20 Å². The van der Waals surface area contributed by atoms with Gasteiger partial charge >= 0.3 is 0 Å². The molecule has 2 aliphatic heterocycles. The van der Waals surface area contributed by atoms with E-state index in [9.17, 15) is 16.8 Å². The Kier molecular flexibility index (Phi) is 5.25. The fraction of sp³-hybridized carbons (Fsp3) is 0.769. The van der Waals surface area contributed by atoms with E-state index >= 15 is 0 Å². The molecule has 0 unspecified atom stereocenters. The number of H-pyrrole nitrogens is 1. The highest BCUT2D eigenvalue weighted by molar-refractivity contribution is 7.89. The molecule has 3 rings (SSSR count). The van der Waals surface area contributed by atoms with Crippen LogP contribution in [0.1, 0.15) is 25.7 Å². The summed E-state index contributed by atoms with van der Waals surface area (Å²) in [4.78, 5) is 0.106. The average Bonchev–Trinajstić information content (AvgIpc) is 3.00. The number of rotatable bonds is 4. The Morgan fingerprint density at radius 3 is 2.04 bits per heavy atom. The first-order valence-electron chi connectivity index (χ1n) is 8.16. The van der Waals surface area contributed by atoms with Gasteiger partial charge in [0, 0.05) is 45.5 Å². The van der Waals surface area contributed by atoms with Gasteiger partial charge in [0.25, 0.3) is 10.2 Å². The lowest BCUT2D eigenvalue weighted by molar-refractivity contribution is 0.305. The van der Waals surface area contributed by atoms with Crippen LogP contribution in [0.2, 0.25) is 0 Å². The molecule has 3 heterocycles. The number of nitrogens with one attached hydrogen (secondary N) is 1. The maximum atomic E-state index is 12.7. The Morgan fingerprint density at radius 2 is 1.38 bits per heavy atom. The van der Waals surface area contributed by atoms with Crippen LogP contribution in [0.4, 0.5) is 0 Å². The van der Waals surface area contributed by atoms with Crippen molar-refractivity contribution in [2.75, 3.05) is 39.3 Å². The summed E-state index contributed by atoms with van der Waals surface area (Å²) in [6.45, 7) is 2.08. The lowest BCUT2D eigenvalue weighted by Crippen LogP contribution is -2.47. The van der Waals surface area contributed by atoms with E-state index in [0.29, 0.717) is 32.6 Å². The number of hydrogen-bond donors (Lipinski definition) is 1. The van der Waals surface area contributed by atoms with Crippen molar-refractivity contribution in [2.45, 2.75) is 30.6 Å². The van der Waals surface area contributed by atoms with Gasteiger partial charge in [-0.25, -0.2) is 8.42 Å². The van der Waals surface area contributed by atoms with Gasteiger partial charge in [-0.3, -0.25) is 5.10 Å². The van der Waals surface area contributed by atoms with Crippen LogP contribution in [-0.4, -0.2) is 79.2 Å². The Labute approximate surface area is 142 Å². The molecule has 1 N–H and O–H groups in total. The fourth-order valence-corrected chi connectivity index (χ4v) is 6.22. The molecular formula is C13H23N5O4S2. The van der Waals surface area contributed by atoms with Crippen molar-refractivity contribution < 1.29 is 16.8 Å². The van der Waals surface area contributed by atoms with Crippen LogP contribution in [-0.2, 0) is 20.2 Å². The first-order valence-corrected chi connectivity index (χ1v) is 11.0. The Hall–Kier alpha value is -1.01. The molecule has 0 amide bonds. The van der Waals surface area contributed by atoms with Crippen LogP contribution in [0.3, 0.4) is 0 Å². The van der Waals surface area contributed by atoms with Crippen molar-refractivity contribution in [1.82, 2.24) is 23.1 Å². The SMILES string of the molecule is O=S(=O)(c1cn[nH]c1)N1CCCN(S(=O)(=O)N2CCCCC2)CC1. The molecule has 0 spiro atoms. The molecule has 136 valence electrons. The lowest BCUT2D eigenvalue weighted by atomic mass is 10.2. The second-order valence-corrected chi connectivity index (χ2v) is 9.92. The zero-order valence-corrected chi connectivity index (χ0v) is 15.1. The predicted octanol–water partition coefficient (Wildman–Crippen LogP) is -0.163. The number of hydrogen-bond acceptors (Lipinski definition) is 5. The molecule has 0 aliphatic carbocycles. The Bertz CT molecular complexity index is 741. The van der Waals surface area contributed by atoms with Gasteiger partial charge < -0.3 is 0 Å². The van der Waals surface area contributed by atoms with E-state index in [2.05, 4.69) is 10.2 Å². The third kappa shape index (κ3) is 3.49. The monoisotopic (exact) mass is 377 g/mol. The normalized spacial score (nSPS) is 23.2. The second-order valence-electron chi connectivity index (χ2n) is 6.06. The third-order valence-corrected chi connectivity index (χ3v) is 8.39. The maximum absolute atomic E-state index is 12.7. The van der Waals surface area contributed by atoms with Gasteiger partial charge in [-0.15, -0.1) is 0 Å². The van der Waals surface area contributed by atoms with Crippen LogP contribution >= 0.6 is 0 Å². The quantitative estimate of drug-likeness (QED) is 0.784. The molecule has 11 heteroatoms. The minimum atomic E-state index is -3.63.